The molecule has 1 N–H and O–H groups in total. The zero-order valence-electron chi connectivity index (χ0n) is 11.0. The number of hydrogen-bond donors (Lipinski definition) is 1. The van der Waals surface area contributed by atoms with Gasteiger partial charge in [0.25, 0.3) is 0 Å². The lowest BCUT2D eigenvalue weighted by atomic mass is 10.2. The zero-order chi connectivity index (χ0) is 13.9. The summed E-state index contributed by atoms with van der Waals surface area (Å²) < 4.78 is 27.7. The molecule has 0 bridgehead atoms. The molecule has 0 aromatic heterocycles. The molecule has 1 aromatic carbocycles. The van der Waals surface area contributed by atoms with Gasteiger partial charge < -0.3 is 5.32 Å². The highest BCUT2D eigenvalue weighted by Gasteiger charge is 2.26. The molecule has 1 unspecified atom stereocenters. The molecule has 6 heteroatoms. The third-order valence-corrected chi connectivity index (χ3v) is 6.06. The van der Waals surface area contributed by atoms with Crippen LogP contribution >= 0.6 is 22.6 Å². The van der Waals surface area contributed by atoms with E-state index in [1.165, 1.54) is 0 Å². The fourth-order valence-corrected chi connectivity index (χ4v) is 4.17. The smallest absolute Gasteiger partial charge is 0.243 e. The Balaban J connectivity index is 2.17. The van der Waals surface area contributed by atoms with Crippen LogP contribution in [0.5, 0.6) is 0 Å². The van der Waals surface area contributed by atoms with Crippen molar-refractivity contribution < 1.29 is 8.42 Å². The highest BCUT2D eigenvalue weighted by Crippen LogP contribution is 2.18. The fraction of sp³-hybridized carbons (Fsp3) is 0.538. The first kappa shape index (κ1) is 15.2. The van der Waals surface area contributed by atoms with E-state index in [1.54, 1.807) is 16.4 Å². The quantitative estimate of drug-likeness (QED) is 0.778. The molecule has 1 atom stereocenters. The lowest BCUT2D eigenvalue weighted by molar-refractivity contribution is 0.383. The molecular formula is C13H19IN2O2S. The van der Waals surface area contributed by atoms with E-state index >= 15 is 0 Å². The molecule has 1 aliphatic heterocycles. The van der Waals surface area contributed by atoms with Crippen LogP contribution < -0.4 is 5.32 Å². The van der Waals surface area contributed by atoms with E-state index in [0.29, 0.717) is 24.0 Å². The van der Waals surface area contributed by atoms with Crippen molar-refractivity contribution in [1.82, 2.24) is 9.62 Å². The third-order valence-electron chi connectivity index (χ3n) is 3.39. The number of nitrogens with one attached hydrogen (secondary N) is 1. The number of likely N-dealkylation sites (N-methyl/N-ethyl adjacent to an activating group) is 1. The summed E-state index contributed by atoms with van der Waals surface area (Å²) in [5.41, 5.74) is 0. The summed E-state index contributed by atoms with van der Waals surface area (Å²) in [6, 6.07) is 7.31. The lowest BCUT2D eigenvalue weighted by Gasteiger charge is -2.23. The Bertz CT molecular complexity index is 510. The van der Waals surface area contributed by atoms with Gasteiger partial charge in [0.05, 0.1) is 4.90 Å². The van der Waals surface area contributed by atoms with Gasteiger partial charge in [-0.05, 0) is 66.2 Å². The number of hydrogen-bond acceptors (Lipinski definition) is 3. The third kappa shape index (κ3) is 3.68. The first-order valence-corrected chi connectivity index (χ1v) is 9.05. The lowest BCUT2D eigenvalue weighted by Crippen LogP contribution is -2.40. The van der Waals surface area contributed by atoms with Crippen molar-refractivity contribution in [2.45, 2.75) is 30.7 Å². The first-order valence-electron chi connectivity index (χ1n) is 6.53. The highest BCUT2D eigenvalue weighted by atomic mass is 127. The predicted molar refractivity (Wildman–Crippen MR) is 84.6 cm³/mol. The maximum atomic E-state index is 12.6. The molecule has 2 rings (SSSR count). The van der Waals surface area contributed by atoms with Gasteiger partial charge in [0, 0.05) is 22.7 Å². The number of nitrogens with zero attached hydrogens (tertiary/aromatic N) is 1. The molecule has 1 fully saturated rings. The molecule has 1 aromatic rings. The van der Waals surface area contributed by atoms with E-state index in [-0.39, 0.29) is 0 Å². The van der Waals surface area contributed by atoms with Gasteiger partial charge >= 0.3 is 0 Å². The average Bonchev–Trinajstić information content (AvgIpc) is 2.89. The predicted octanol–water partition coefficient (Wildman–Crippen LogP) is 2.05. The highest BCUT2D eigenvalue weighted by molar-refractivity contribution is 14.1. The Morgan fingerprint density at radius 2 is 2.05 bits per heavy atom. The molecule has 1 heterocycles. The molecule has 1 aliphatic rings. The van der Waals surface area contributed by atoms with Crippen molar-refractivity contribution in [1.29, 1.82) is 0 Å². The van der Waals surface area contributed by atoms with Gasteiger partial charge in [0.15, 0.2) is 0 Å². The van der Waals surface area contributed by atoms with Crippen molar-refractivity contribution in [3.05, 3.63) is 27.8 Å². The minimum absolute atomic E-state index is 0.290. The minimum atomic E-state index is -3.37. The van der Waals surface area contributed by atoms with Gasteiger partial charge in [-0.15, -0.1) is 0 Å². The summed E-state index contributed by atoms with van der Waals surface area (Å²) in [4.78, 5) is 0.382. The molecule has 0 spiro atoms. The zero-order valence-corrected chi connectivity index (χ0v) is 13.9. The van der Waals surface area contributed by atoms with Crippen LogP contribution in [0, 0.1) is 3.57 Å². The van der Waals surface area contributed by atoms with Crippen LogP contribution in [0.25, 0.3) is 0 Å². The summed E-state index contributed by atoms with van der Waals surface area (Å²) in [5.74, 6) is 0. The van der Waals surface area contributed by atoms with E-state index in [0.717, 1.165) is 23.0 Å². The summed E-state index contributed by atoms with van der Waals surface area (Å²) >= 11 is 2.17. The number of sulfonamides is 1. The van der Waals surface area contributed by atoms with Gasteiger partial charge in [-0.25, -0.2) is 8.42 Å². The molecule has 106 valence electrons. The van der Waals surface area contributed by atoms with Crippen molar-refractivity contribution in [3.63, 3.8) is 0 Å². The van der Waals surface area contributed by atoms with Crippen molar-refractivity contribution in [3.8, 4) is 0 Å². The van der Waals surface area contributed by atoms with Gasteiger partial charge in [-0.1, -0.05) is 6.92 Å². The fourth-order valence-electron chi connectivity index (χ4n) is 2.31. The largest absolute Gasteiger partial charge is 0.313 e. The van der Waals surface area contributed by atoms with Crippen molar-refractivity contribution in [2.24, 2.45) is 0 Å². The van der Waals surface area contributed by atoms with Crippen molar-refractivity contribution >= 4 is 32.6 Å². The van der Waals surface area contributed by atoms with Gasteiger partial charge in [-0.2, -0.15) is 4.31 Å². The molecule has 4 nitrogen and oxygen atoms in total. The maximum absolute atomic E-state index is 12.6. The number of halogens is 1. The van der Waals surface area contributed by atoms with E-state index in [9.17, 15) is 8.42 Å². The Hall–Kier alpha value is -0.180. The van der Waals surface area contributed by atoms with Crippen LogP contribution in [0.3, 0.4) is 0 Å². The molecule has 19 heavy (non-hydrogen) atoms. The van der Waals surface area contributed by atoms with E-state index in [4.69, 9.17) is 0 Å². The summed E-state index contributed by atoms with van der Waals surface area (Å²) in [5, 5.41) is 3.35. The van der Waals surface area contributed by atoms with E-state index < -0.39 is 10.0 Å². The Morgan fingerprint density at radius 3 is 2.58 bits per heavy atom. The second-order valence-electron chi connectivity index (χ2n) is 4.70. The standard InChI is InChI=1S/C13H19IN2O2S/c1-2-16(10-12-4-3-9-15-12)19(17,18)13-7-5-11(14)6-8-13/h5-8,12,15H,2-4,9-10H2,1H3. The molecule has 0 aliphatic carbocycles. The molecular weight excluding hydrogens is 375 g/mol. The summed E-state index contributed by atoms with van der Waals surface area (Å²) in [7, 11) is -3.37. The maximum Gasteiger partial charge on any atom is 0.243 e. The molecule has 0 amide bonds. The Labute approximate surface area is 128 Å². The van der Waals surface area contributed by atoms with Gasteiger partial charge in [-0.3, -0.25) is 0 Å². The summed E-state index contributed by atoms with van der Waals surface area (Å²) in [6.07, 6.45) is 2.19. The number of benzene rings is 1. The molecule has 1 saturated heterocycles. The second-order valence-corrected chi connectivity index (χ2v) is 7.89. The van der Waals surface area contributed by atoms with E-state index in [2.05, 4.69) is 27.9 Å². The van der Waals surface area contributed by atoms with Crippen molar-refractivity contribution in [2.75, 3.05) is 19.6 Å². The SMILES string of the molecule is CCN(CC1CCCN1)S(=O)(=O)c1ccc(I)cc1. The van der Waals surface area contributed by atoms with Crippen LogP contribution in [0.15, 0.2) is 29.2 Å². The molecule has 0 radical (unpaired) electrons. The van der Waals surface area contributed by atoms with Crippen LogP contribution in [-0.2, 0) is 10.0 Å². The van der Waals surface area contributed by atoms with Crippen LogP contribution in [0.1, 0.15) is 19.8 Å². The van der Waals surface area contributed by atoms with Crippen LogP contribution in [0.2, 0.25) is 0 Å². The monoisotopic (exact) mass is 394 g/mol. The number of rotatable bonds is 5. The topological polar surface area (TPSA) is 49.4 Å². The molecule has 0 saturated carbocycles. The minimum Gasteiger partial charge on any atom is -0.313 e. The summed E-state index contributed by atoms with van der Waals surface area (Å²) in [6.45, 7) is 3.95. The van der Waals surface area contributed by atoms with Gasteiger partial charge in [0.2, 0.25) is 10.0 Å². The Morgan fingerprint density at radius 1 is 1.37 bits per heavy atom. The Kier molecular flexibility index (Phi) is 5.22. The van der Waals surface area contributed by atoms with Crippen LogP contribution in [0.4, 0.5) is 0 Å². The average molecular weight is 394 g/mol. The van der Waals surface area contributed by atoms with Crippen LogP contribution in [-0.4, -0.2) is 38.4 Å². The first-order chi connectivity index (χ1) is 9.04. The second kappa shape index (κ2) is 6.51. The van der Waals surface area contributed by atoms with E-state index in [1.807, 2.05) is 19.1 Å². The van der Waals surface area contributed by atoms with Gasteiger partial charge in [0.1, 0.15) is 0 Å². The normalized spacial score (nSPS) is 20.1.